The van der Waals surface area contributed by atoms with Crippen molar-refractivity contribution in [1.29, 1.82) is 0 Å². The van der Waals surface area contributed by atoms with Gasteiger partial charge >= 0.3 is 6.03 Å². The van der Waals surface area contributed by atoms with Crippen molar-refractivity contribution in [3.63, 3.8) is 0 Å². The Labute approximate surface area is 95.5 Å². The van der Waals surface area contributed by atoms with E-state index in [1.165, 1.54) is 0 Å². The van der Waals surface area contributed by atoms with Gasteiger partial charge in [0, 0.05) is 13.2 Å². The average molecular weight is 228 g/mol. The molecule has 1 aliphatic heterocycles. The van der Waals surface area contributed by atoms with E-state index in [9.17, 15) is 9.90 Å². The normalized spacial score (nSPS) is 31.9. The minimum Gasteiger partial charge on any atom is -0.388 e. The van der Waals surface area contributed by atoms with E-state index in [1.807, 2.05) is 6.92 Å². The van der Waals surface area contributed by atoms with Crippen LogP contribution in [0.3, 0.4) is 0 Å². The van der Waals surface area contributed by atoms with Crippen molar-refractivity contribution in [1.82, 2.24) is 10.6 Å². The third-order valence-electron chi connectivity index (χ3n) is 3.55. The summed E-state index contributed by atoms with van der Waals surface area (Å²) >= 11 is 0. The van der Waals surface area contributed by atoms with Crippen molar-refractivity contribution in [3.05, 3.63) is 0 Å². The van der Waals surface area contributed by atoms with Gasteiger partial charge in [0.15, 0.2) is 0 Å². The molecule has 1 saturated heterocycles. The number of rotatable bonds is 3. The predicted molar refractivity (Wildman–Crippen MR) is 59.2 cm³/mol. The summed E-state index contributed by atoms with van der Waals surface area (Å²) in [6.45, 7) is 3.01. The van der Waals surface area contributed by atoms with Gasteiger partial charge in [0.25, 0.3) is 0 Å². The van der Waals surface area contributed by atoms with Crippen LogP contribution >= 0.6 is 0 Å². The third-order valence-corrected chi connectivity index (χ3v) is 3.55. The van der Waals surface area contributed by atoms with Crippen LogP contribution in [0.15, 0.2) is 0 Å². The van der Waals surface area contributed by atoms with E-state index >= 15 is 0 Å². The maximum Gasteiger partial charge on any atom is 0.315 e. The van der Waals surface area contributed by atoms with Crippen LogP contribution in [0.2, 0.25) is 0 Å². The van der Waals surface area contributed by atoms with Crippen LogP contribution in [0.4, 0.5) is 4.79 Å². The molecule has 2 rings (SSSR count). The zero-order chi connectivity index (χ0) is 11.6. The van der Waals surface area contributed by atoms with Gasteiger partial charge in [-0.3, -0.25) is 0 Å². The van der Waals surface area contributed by atoms with Gasteiger partial charge < -0.3 is 20.5 Å². The first kappa shape index (κ1) is 11.7. The first-order chi connectivity index (χ1) is 7.59. The largest absolute Gasteiger partial charge is 0.388 e. The molecular weight excluding hydrogens is 208 g/mol. The molecule has 1 aliphatic carbocycles. The highest BCUT2D eigenvalue weighted by molar-refractivity contribution is 5.74. The van der Waals surface area contributed by atoms with E-state index < -0.39 is 5.60 Å². The highest BCUT2D eigenvalue weighted by Gasteiger charge is 2.35. The molecule has 0 bridgehead atoms. The fraction of sp³-hybridized carbons (Fsp3) is 0.909. The van der Waals surface area contributed by atoms with Crippen LogP contribution in [-0.2, 0) is 4.74 Å². The minimum absolute atomic E-state index is 0.0811. The fourth-order valence-corrected chi connectivity index (χ4v) is 2.15. The zero-order valence-electron chi connectivity index (χ0n) is 9.66. The Hall–Kier alpha value is -0.810. The minimum atomic E-state index is -0.658. The highest BCUT2D eigenvalue weighted by Crippen LogP contribution is 2.30. The lowest BCUT2D eigenvalue weighted by atomic mass is 9.80. The lowest BCUT2D eigenvalue weighted by molar-refractivity contribution is -0.0290. The summed E-state index contributed by atoms with van der Waals surface area (Å²) in [6, 6.07) is -0.112. The smallest absolute Gasteiger partial charge is 0.315 e. The SMILES string of the molecule is CC1OCCC1NC(=O)NCC1(O)CCC1. The molecular formula is C11H20N2O3. The quantitative estimate of drug-likeness (QED) is 0.654. The number of urea groups is 1. The molecule has 92 valence electrons. The Bertz CT molecular complexity index is 266. The maximum atomic E-state index is 11.5. The van der Waals surface area contributed by atoms with E-state index in [2.05, 4.69) is 10.6 Å². The molecule has 1 saturated carbocycles. The molecule has 2 unspecified atom stereocenters. The monoisotopic (exact) mass is 228 g/mol. The van der Waals surface area contributed by atoms with Gasteiger partial charge in [-0.25, -0.2) is 4.79 Å². The second kappa shape index (κ2) is 4.59. The molecule has 0 aromatic carbocycles. The Morgan fingerprint density at radius 3 is 2.81 bits per heavy atom. The number of carbonyl (C=O) groups is 1. The molecule has 2 aliphatic rings. The number of amides is 2. The van der Waals surface area contributed by atoms with Crippen molar-refractivity contribution >= 4 is 6.03 Å². The summed E-state index contributed by atoms with van der Waals surface area (Å²) in [5, 5.41) is 15.4. The molecule has 5 heteroatoms. The summed E-state index contributed by atoms with van der Waals surface area (Å²) in [7, 11) is 0. The van der Waals surface area contributed by atoms with Crippen molar-refractivity contribution < 1.29 is 14.6 Å². The lowest BCUT2D eigenvalue weighted by Gasteiger charge is -2.36. The van der Waals surface area contributed by atoms with Gasteiger partial charge in [0.05, 0.1) is 17.7 Å². The molecule has 5 nitrogen and oxygen atoms in total. The number of hydrogen-bond acceptors (Lipinski definition) is 3. The van der Waals surface area contributed by atoms with Crippen molar-refractivity contribution in [2.75, 3.05) is 13.2 Å². The molecule has 0 spiro atoms. The van der Waals surface area contributed by atoms with Crippen LogP contribution in [-0.4, -0.2) is 42.0 Å². The van der Waals surface area contributed by atoms with E-state index in [-0.39, 0.29) is 18.2 Å². The van der Waals surface area contributed by atoms with Crippen LogP contribution in [0, 0.1) is 0 Å². The van der Waals surface area contributed by atoms with Gasteiger partial charge in [-0.2, -0.15) is 0 Å². The Kier molecular flexibility index (Phi) is 3.35. The molecule has 2 fully saturated rings. The number of nitrogens with one attached hydrogen (secondary N) is 2. The first-order valence-electron chi connectivity index (χ1n) is 5.97. The standard InChI is InChI=1S/C11H20N2O3/c1-8-9(3-6-16-8)13-10(14)12-7-11(15)4-2-5-11/h8-9,15H,2-7H2,1H3,(H2,12,13,14). The van der Waals surface area contributed by atoms with E-state index in [0.29, 0.717) is 13.2 Å². The molecule has 0 radical (unpaired) electrons. The Balaban J connectivity index is 1.68. The summed E-state index contributed by atoms with van der Waals surface area (Å²) in [5.41, 5.74) is -0.658. The van der Waals surface area contributed by atoms with Crippen molar-refractivity contribution in [3.8, 4) is 0 Å². The first-order valence-corrected chi connectivity index (χ1v) is 5.97. The lowest BCUT2D eigenvalue weighted by Crippen LogP contribution is -2.52. The van der Waals surface area contributed by atoms with Crippen LogP contribution in [0.5, 0.6) is 0 Å². The maximum absolute atomic E-state index is 11.5. The molecule has 16 heavy (non-hydrogen) atoms. The second-order valence-electron chi connectivity index (χ2n) is 4.88. The van der Waals surface area contributed by atoms with Crippen LogP contribution in [0.1, 0.15) is 32.6 Å². The van der Waals surface area contributed by atoms with Crippen LogP contribution in [0.25, 0.3) is 0 Å². The Morgan fingerprint density at radius 2 is 2.31 bits per heavy atom. The third kappa shape index (κ3) is 2.65. The fourth-order valence-electron chi connectivity index (χ4n) is 2.15. The van der Waals surface area contributed by atoms with Gasteiger partial charge in [-0.05, 0) is 32.6 Å². The summed E-state index contributed by atoms with van der Waals surface area (Å²) < 4.78 is 5.35. The second-order valence-corrected chi connectivity index (χ2v) is 4.88. The molecule has 0 aromatic heterocycles. The highest BCUT2D eigenvalue weighted by atomic mass is 16.5. The van der Waals surface area contributed by atoms with Gasteiger partial charge in [0.2, 0.25) is 0 Å². The molecule has 2 amide bonds. The molecule has 2 atom stereocenters. The topological polar surface area (TPSA) is 70.6 Å². The zero-order valence-corrected chi connectivity index (χ0v) is 9.66. The number of hydrogen-bond donors (Lipinski definition) is 3. The van der Waals surface area contributed by atoms with E-state index in [1.54, 1.807) is 0 Å². The van der Waals surface area contributed by atoms with Crippen molar-refractivity contribution in [2.45, 2.75) is 50.4 Å². The molecule has 1 heterocycles. The number of aliphatic hydroxyl groups is 1. The Morgan fingerprint density at radius 1 is 1.56 bits per heavy atom. The van der Waals surface area contributed by atoms with Gasteiger partial charge in [0.1, 0.15) is 0 Å². The average Bonchev–Trinajstić information content (AvgIpc) is 2.59. The summed E-state index contributed by atoms with van der Waals surface area (Å²) in [5.74, 6) is 0. The molecule has 0 aromatic rings. The van der Waals surface area contributed by atoms with Gasteiger partial charge in [-0.15, -0.1) is 0 Å². The summed E-state index contributed by atoms with van der Waals surface area (Å²) in [4.78, 5) is 11.5. The predicted octanol–water partition coefficient (Wildman–Crippen LogP) is 0.378. The number of ether oxygens (including phenoxy) is 1. The molecule has 3 N–H and O–H groups in total. The van der Waals surface area contributed by atoms with E-state index in [0.717, 1.165) is 25.7 Å². The number of carbonyl (C=O) groups excluding carboxylic acids is 1. The summed E-state index contributed by atoms with van der Waals surface area (Å²) in [6.07, 6.45) is 3.57. The van der Waals surface area contributed by atoms with Crippen molar-refractivity contribution in [2.24, 2.45) is 0 Å². The van der Waals surface area contributed by atoms with E-state index in [4.69, 9.17) is 4.74 Å². The van der Waals surface area contributed by atoms with Crippen LogP contribution < -0.4 is 10.6 Å². The van der Waals surface area contributed by atoms with Gasteiger partial charge in [-0.1, -0.05) is 0 Å².